The second kappa shape index (κ2) is 9.32. The minimum absolute atomic E-state index is 0.0658. The molecule has 0 spiro atoms. The van der Waals surface area contributed by atoms with Crippen molar-refractivity contribution in [1.29, 1.82) is 0 Å². The summed E-state index contributed by atoms with van der Waals surface area (Å²) in [6, 6.07) is 8.31. The molecule has 1 aliphatic rings. The summed E-state index contributed by atoms with van der Waals surface area (Å²) in [5, 5.41) is 10.4. The standard InChI is InChI=1S/C23H32O4/c1-23(2,3)18-13-11-16(12-14-18)21-17(15-19(24)22(21)26)9-7-5-6-8-10-20(25)27-4/h5,7,11-14,17,21-22,26H,6,8-10,15H2,1-4H3/t17-,21-,22-/m1/s1. The molecule has 2 rings (SSSR count). The number of allylic oxidation sites excluding steroid dienone is 2. The monoisotopic (exact) mass is 372 g/mol. The summed E-state index contributed by atoms with van der Waals surface area (Å²) in [4.78, 5) is 23.2. The van der Waals surface area contributed by atoms with Gasteiger partial charge < -0.3 is 9.84 Å². The minimum Gasteiger partial charge on any atom is -0.469 e. The third-order valence-electron chi connectivity index (χ3n) is 5.39. The van der Waals surface area contributed by atoms with Crippen molar-refractivity contribution in [2.24, 2.45) is 5.92 Å². The fourth-order valence-corrected chi connectivity index (χ4v) is 3.71. The fraction of sp³-hybridized carbons (Fsp3) is 0.565. The summed E-state index contributed by atoms with van der Waals surface area (Å²) in [6.45, 7) is 6.51. The molecule has 1 aromatic rings. The van der Waals surface area contributed by atoms with E-state index in [1.165, 1.54) is 12.7 Å². The number of aliphatic hydroxyl groups is 1. The van der Waals surface area contributed by atoms with E-state index in [4.69, 9.17) is 0 Å². The van der Waals surface area contributed by atoms with Crippen molar-refractivity contribution in [3.05, 3.63) is 47.5 Å². The topological polar surface area (TPSA) is 63.6 Å². The molecule has 0 radical (unpaired) electrons. The molecule has 1 N–H and O–H groups in total. The van der Waals surface area contributed by atoms with Gasteiger partial charge in [0.15, 0.2) is 5.78 Å². The molecule has 0 heterocycles. The molecule has 1 fully saturated rings. The maximum atomic E-state index is 12.1. The molecule has 0 saturated heterocycles. The lowest BCUT2D eigenvalue weighted by Crippen LogP contribution is -2.21. The van der Waals surface area contributed by atoms with E-state index in [1.54, 1.807) is 0 Å². The summed E-state index contributed by atoms with van der Waals surface area (Å²) in [5.41, 5.74) is 2.35. The van der Waals surface area contributed by atoms with Crippen LogP contribution < -0.4 is 0 Å². The Bertz CT molecular complexity index is 667. The van der Waals surface area contributed by atoms with Gasteiger partial charge in [0.1, 0.15) is 6.10 Å². The van der Waals surface area contributed by atoms with Crippen molar-refractivity contribution >= 4 is 11.8 Å². The number of esters is 1. The Balaban J connectivity index is 1.99. The minimum atomic E-state index is -0.914. The van der Waals surface area contributed by atoms with Crippen LogP contribution in [-0.4, -0.2) is 30.1 Å². The van der Waals surface area contributed by atoms with E-state index in [0.29, 0.717) is 12.8 Å². The third-order valence-corrected chi connectivity index (χ3v) is 5.39. The zero-order valence-corrected chi connectivity index (χ0v) is 16.9. The van der Waals surface area contributed by atoms with Crippen LogP contribution in [0.3, 0.4) is 0 Å². The van der Waals surface area contributed by atoms with Gasteiger partial charge in [0.25, 0.3) is 0 Å². The number of benzene rings is 1. The highest BCUT2D eigenvalue weighted by molar-refractivity contribution is 5.87. The first-order chi connectivity index (χ1) is 12.7. The van der Waals surface area contributed by atoms with Gasteiger partial charge in [0, 0.05) is 18.8 Å². The molecule has 0 amide bonds. The molecule has 4 heteroatoms. The zero-order valence-electron chi connectivity index (χ0n) is 16.9. The van der Waals surface area contributed by atoms with E-state index >= 15 is 0 Å². The number of aliphatic hydroxyl groups excluding tert-OH is 1. The van der Waals surface area contributed by atoms with Crippen LogP contribution in [0.1, 0.15) is 69.9 Å². The van der Waals surface area contributed by atoms with Crippen molar-refractivity contribution in [3.63, 3.8) is 0 Å². The van der Waals surface area contributed by atoms with Crippen LogP contribution in [0.2, 0.25) is 0 Å². The lowest BCUT2D eigenvalue weighted by atomic mass is 9.82. The summed E-state index contributed by atoms with van der Waals surface area (Å²) < 4.78 is 4.63. The normalized spacial score (nSPS) is 23.1. The van der Waals surface area contributed by atoms with Crippen LogP contribution in [0, 0.1) is 5.92 Å². The maximum Gasteiger partial charge on any atom is 0.305 e. The Labute approximate surface area is 162 Å². The van der Waals surface area contributed by atoms with E-state index in [-0.39, 0.29) is 29.0 Å². The molecule has 0 bridgehead atoms. The lowest BCUT2D eigenvalue weighted by Gasteiger charge is -2.23. The average Bonchev–Trinajstić information content (AvgIpc) is 2.91. The van der Waals surface area contributed by atoms with Gasteiger partial charge in [-0.3, -0.25) is 9.59 Å². The number of hydrogen-bond donors (Lipinski definition) is 1. The second-order valence-corrected chi connectivity index (χ2v) is 8.45. The Morgan fingerprint density at radius 3 is 2.48 bits per heavy atom. The van der Waals surface area contributed by atoms with Gasteiger partial charge in [-0.2, -0.15) is 0 Å². The molecule has 0 aliphatic heterocycles. The highest BCUT2D eigenvalue weighted by Crippen LogP contribution is 2.40. The van der Waals surface area contributed by atoms with Crippen LogP contribution in [-0.2, 0) is 19.7 Å². The lowest BCUT2D eigenvalue weighted by molar-refractivity contribution is -0.140. The molecule has 1 saturated carbocycles. The Kier molecular flexibility index (Phi) is 7.37. The highest BCUT2D eigenvalue weighted by atomic mass is 16.5. The van der Waals surface area contributed by atoms with Crippen LogP contribution >= 0.6 is 0 Å². The summed E-state index contributed by atoms with van der Waals surface area (Å²) in [6.07, 6.45) is 6.37. The molecular formula is C23H32O4. The van der Waals surface area contributed by atoms with Gasteiger partial charge in [0.2, 0.25) is 0 Å². The molecule has 1 aromatic carbocycles. The van der Waals surface area contributed by atoms with Gasteiger partial charge in [0.05, 0.1) is 7.11 Å². The van der Waals surface area contributed by atoms with Gasteiger partial charge in [-0.05, 0) is 41.7 Å². The van der Waals surface area contributed by atoms with Crippen molar-refractivity contribution in [2.45, 2.75) is 70.3 Å². The van der Waals surface area contributed by atoms with Gasteiger partial charge in [-0.1, -0.05) is 57.2 Å². The van der Waals surface area contributed by atoms with Crippen molar-refractivity contribution < 1.29 is 19.4 Å². The third kappa shape index (κ3) is 5.77. The van der Waals surface area contributed by atoms with E-state index in [2.05, 4.69) is 61.9 Å². The van der Waals surface area contributed by atoms with Crippen molar-refractivity contribution in [1.82, 2.24) is 0 Å². The highest BCUT2D eigenvalue weighted by Gasteiger charge is 2.41. The Morgan fingerprint density at radius 2 is 1.89 bits per heavy atom. The molecule has 148 valence electrons. The van der Waals surface area contributed by atoms with Gasteiger partial charge in [-0.15, -0.1) is 0 Å². The van der Waals surface area contributed by atoms with E-state index in [9.17, 15) is 14.7 Å². The Morgan fingerprint density at radius 1 is 1.22 bits per heavy atom. The molecule has 4 nitrogen and oxygen atoms in total. The van der Waals surface area contributed by atoms with Crippen molar-refractivity contribution in [2.75, 3.05) is 7.11 Å². The van der Waals surface area contributed by atoms with Crippen LogP contribution in [0.15, 0.2) is 36.4 Å². The largest absolute Gasteiger partial charge is 0.469 e. The summed E-state index contributed by atoms with van der Waals surface area (Å²) in [5.74, 6) is -0.285. The van der Waals surface area contributed by atoms with Gasteiger partial charge >= 0.3 is 5.97 Å². The second-order valence-electron chi connectivity index (χ2n) is 8.45. The molecule has 0 aromatic heterocycles. The maximum absolute atomic E-state index is 12.1. The molecule has 0 unspecified atom stereocenters. The summed E-state index contributed by atoms with van der Waals surface area (Å²) >= 11 is 0. The smallest absolute Gasteiger partial charge is 0.305 e. The first kappa shape index (κ1) is 21.4. The van der Waals surface area contributed by atoms with E-state index in [1.807, 2.05) is 0 Å². The molecule has 27 heavy (non-hydrogen) atoms. The predicted molar refractivity (Wildman–Crippen MR) is 107 cm³/mol. The molecule has 3 atom stereocenters. The average molecular weight is 373 g/mol. The number of carbonyl (C=O) groups is 2. The number of Topliss-reactive ketones (excluding diaryl/α,β-unsaturated/α-hetero) is 1. The number of rotatable bonds is 7. The first-order valence-electron chi connectivity index (χ1n) is 9.77. The SMILES string of the molecule is COC(=O)CCCC=CC[C@@H]1CC(=O)[C@@H](O)[C@@H]1c1ccc(C(C)(C)C)cc1. The molecular weight excluding hydrogens is 340 g/mol. The Hall–Kier alpha value is -1.94. The number of ether oxygens (including phenoxy) is 1. The summed E-state index contributed by atoms with van der Waals surface area (Å²) in [7, 11) is 1.40. The predicted octanol–water partition coefficient (Wildman–Crippen LogP) is 4.31. The van der Waals surface area contributed by atoms with E-state index in [0.717, 1.165) is 24.8 Å². The number of carbonyl (C=O) groups excluding carboxylic acids is 2. The zero-order chi connectivity index (χ0) is 20.0. The first-order valence-corrected chi connectivity index (χ1v) is 9.77. The number of hydrogen-bond acceptors (Lipinski definition) is 4. The van der Waals surface area contributed by atoms with Crippen LogP contribution in [0.25, 0.3) is 0 Å². The van der Waals surface area contributed by atoms with Crippen LogP contribution in [0.4, 0.5) is 0 Å². The fourth-order valence-electron chi connectivity index (χ4n) is 3.71. The van der Waals surface area contributed by atoms with Crippen LogP contribution in [0.5, 0.6) is 0 Å². The number of methoxy groups -OCH3 is 1. The van der Waals surface area contributed by atoms with E-state index < -0.39 is 6.10 Å². The number of ketones is 1. The quantitative estimate of drug-likeness (QED) is 0.440. The molecule has 1 aliphatic carbocycles. The van der Waals surface area contributed by atoms with Crippen molar-refractivity contribution in [3.8, 4) is 0 Å². The van der Waals surface area contributed by atoms with Gasteiger partial charge in [-0.25, -0.2) is 0 Å². The number of unbranched alkanes of at least 4 members (excludes halogenated alkanes) is 1.